The molecule has 0 radical (unpaired) electrons. The number of alkyl halides is 3. The van der Waals surface area contributed by atoms with Crippen LogP contribution < -0.4 is 5.32 Å². The molecule has 2 N–H and O–H groups in total. The van der Waals surface area contributed by atoms with E-state index in [-0.39, 0.29) is 36.5 Å². The number of hydrogen-bond acceptors (Lipinski definition) is 6. The molecule has 1 aromatic heterocycles. The number of aromatic nitrogens is 2. The highest BCUT2D eigenvalue weighted by Gasteiger charge is 2.42. The number of nitrogens with one attached hydrogen (secondary N) is 1. The molecule has 2 atom stereocenters. The van der Waals surface area contributed by atoms with Gasteiger partial charge in [0, 0.05) is 12.1 Å². The smallest absolute Gasteiger partial charge is 0.419 e. The number of nitrogens with zero attached hydrogens (tertiary/aromatic N) is 3. The summed E-state index contributed by atoms with van der Waals surface area (Å²) in [6, 6.07) is 2.67. The molecule has 0 saturated carbocycles. The predicted octanol–water partition coefficient (Wildman–Crippen LogP) is 3.29. The lowest BCUT2D eigenvalue weighted by Crippen LogP contribution is -2.51. The van der Waals surface area contributed by atoms with Gasteiger partial charge >= 0.3 is 12.3 Å². The molecule has 1 aromatic carbocycles. The van der Waals surface area contributed by atoms with Crippen molar-refractivity contribution in [1.29, 1.82) is 0 Å². The van der Waals surface area contributed by atoms with Crippen LogP contribution in [0.4, 0.5) is 22.4 Å². The van der Waals surface area contributed by atoms with Crippen molar-refractivity contribution in [2.45, 2.75) is 57.7 Å². The molecule has 1 aliphatic rings. The Morgan fingerprint density at radius 2 is 1.91 bits per heavy atom. The van der Waals surface area contributed by atoms with Gasteiger partial charge in [-0.2, -0.15) is 13.2 Å². The third kappa shape index (κ3) is 5.99. The predicted molar refractivity (Wildman–Crippen MR) is 112 cm³/mol. The molecule has 1 saturated heterocycles. The van der Waals surface area contributed by atoms with Crippen LogP contribution in [-0.4, -0.2) is 56.3 Å². The summed E-state index contributed by atoms with van der Waals surface area (Å²) in [7, 11) is 0. The molecule has 2 unspecified atom stereocenters. The number of amides is 2. The van der Waals surface area contributed by atoms with Crippen molar-refractivity contribution >= 4 is 12.0 Å². The Balaban J connectivity index is 1.70. The zero-order valence-corrected chi connectivity index (χ0v) is 18.7. The second-order valence-corrected chi connectivity index (χ2v) is 8.78. The Morgan fingerprint density at radius 3 is 2.53 bits per heavy atom. The van der Waals surface area contributed by atoms with Gasteiger partial charge in [0.15, 0.2) is 0 Å². The molecule has 12 heteroatoms. The van der Waals surface area contributed by atoms with Gasteiger partial charge in [0.05, 0.1) is 29.6 Å². The fourth-order valence-electron chi connectivity index (χ4n) is 3.46. The minimum absolute atomic E-state index is 0.0998. The van der Waals surface area contributed by atoms with Gasteiger partial charge in [0.25, 0.3) is 0 Å². The number of benzene rings is 1. The van der Waals surface area contributed by atoms with E-state index in [9.17, 15) is 32.3 Å². The van der Waals surface area contributed by atoms with Crippen LogP contribution in [0, 0.1) is 5.82 Å². The van der Waals surface area contributed by atoms with Crippen LogP contribution in [0.1, 0.15) is 38.4 Å². The first-order chi connectivity index (χ1) is 15.8. The molecule has 1 fully saturated rings. The van der Waals surface area contributed by atoms with Gasteiger partial charge in [-0.25, -0.2) is 19.2 Å². The number of ether oxygens (including phenoxy) is 1. The number of aliphatic hydroxyl groups is 1. The van der Waals surface area contributed by atoms with E-state index >= 15 is 0 Å². The Bertz CT molecular complexity index is 1070. The van der Waals surface area contributed by atoms with Crippen molar-refractivity contribution in [2.75, 3.05) is 6.54 Å². The summed E-state index contributed by atoms with van der Waals surface area (Å²) < 4.78 is 57.5. The zero-order valence-electron chi connectivity index (χ0n) is 18.7. The van der Waals surface area contributed by atoms with Crippen molar-refractivity contribution in [1.82, 2.24) is 20.2 Å². The van der Waals surface area contributed by atoms with Crippen LogP contribution in [0.2, 0.25) is 0 Å². The zero-order chi connectivity index (χ0) is 25.3. The molecule has 0 spiro atoms. The number of likely N-dealkylation sites (tertiary alicyclic amines) is 1. The number of rotatable bonds is 4. The third-order valence-corrected chi connectivity index (χ3v) is 5.00. The summed E-state index contributed by atoms with van der Waals surface area (Å²) >= 11 is 0. The summed E-state index contributed by atoms with van der Waals surface area (Å²) in [5.41, 5.74) is -1.62. The van der Waals surface area contributed by atoms with Crippen molar-refractivity contribution in [2.24, 2.45) is 0 Å². The van der Waals surface area contributed by atoms with Gasteiger partial charge in [-0.05, 0) is 45.4 Å². The van der Waals surface area contributed by atoms with E-state index in [1.807, 2.05) is 0 Å². The van der Waals surface area contributed by atoms with Gasteiger partial charge < -0.3 is 15.2 Å². The highest BCUT2D eigenvalue weighted by atomic mass is 19.4. The first-order valence-corrected chi connectivity index (χ1v) is 10.4. The lowest BCUT2D eigenvalue weighted by atomic mass is 10.1. The number of carbonyl (C=O) groups excluding carboxylic acids is 2. The van der Waals surface area contributed by atoms with Gasteiger partial charge in [0.1, 0.15) is 23.8 Å². The molecule has 2 heterocycles. The average molecular weight is 484 g/mol. The quantitative estimate of drug-likeness (QED) is 0.646. The molecule has 2 amide bonds. The van der Waals surface area contributed by atoms with Crippen molar-refractivity contribution in [3.05, 3.63) is 47.7 Å². The van der Waals surface area contributed by atoms with Crippen LogP contribution in [-0.2, 0) is 22.3 Å². The fourth-order valence-corrected chi connectivity index (χ4v) is 3.46. The maximum absolute atomic E-state index is 13.9. The van der Waals surface area contributed by atoms with Crippen molar-refractivity contribution < 1.29 is 37.0 Å². The number of halogens is 4. The first kappa shape index (κ1) is 25.3. The van der Waals surface area contributed by atoms with Gasteiger partial charge in [-0.15, -0.1) is 0 Å². The molecule has 8 nitrogen and oxygen atoms in total. The molecule has 0 aliphatic carbocycles. The number of aliphatic hydroxyl groups excluding tert-OH is 1. The molecule has 0 bridgehead atoms. The summed E-state index contributed by atoms with van der Waals surface area (Å²) in [6.45, 7) is 5.07. The Labute approximate surface area is 193 Å². The lowest BCUT2D eigenvalue weighted by Gasteiger charge is -2.28. The lowest BCUT2D eigenvalue weighted by molar-refractivity contribution is -0.140. The largest absolute Gasteiger partial charge is 0.444 e. The van der Waals surface area contributed by atoms with E-state index in [1.54, 1.807) is 20.8 Å². The standard InChI is InChI=1S/C22H24F4N4O4/c1-21(2,3)34-20(33)30-7-6-17(31)18(30)19(32)27-10-13-9-16(29-11-28-13)12-4-5-14(15(23)8-12)22(24,25)26/h4-5,8-9,11,17-18,31H,6-7,10H2,1-3H3,(H,27,32). The van der Waals surface area contributed by atoms with Crippen molar-refractivity contribution in [3.63, 3.8) is 0 Å². The number of hydrogen-bond donors (Lipinski definition) is 2. The van der Waals surface area contributed by atoms with E-state index in [2.05, 4.69) is 15.3 Å². The molecule has 2 aromatic rings. The van der Waals surface area contributed by atoms with Crippen LogP contribution in [0.25, 0.3) is 11.3 Å². The highest BCUT2D eigenvalue weighted by molar-refractivity contribution is 5.87. The summed E-state index contributed by atoms with van der Waals surface area (Å²) in [5.74, 6) is -2.06. The molecular weight excluding hydrogens is 460 g/mol. The van der Waals surface area contributed by atoms with E-state index < -0.39 is 47.3 Å². The second-order valence-electron chi connectivity index (χ2n) is 8.78. The third-order valence-electron chi connectivity index (χ3n) is 5.00. The summed E-state index contributed by atoms with van der Waals surface area (Å²) in [6.07, 6.45) is -5.29. The minimum Gasteiger partial charge on any atom is -0.444 e. The number of carbonyl (C=O) groups is 2. The Morgan fingerprint density at radius 1 is 1.21 bits per heavy atom. The minimum atomic E-state index is -4.82. The van der Waals surface area contributed by atoms with E-state index in [0.717, 1.165) is 23.4 Å². The van der Waals surface area contributed by atoms with E-state index in [1.165, 1.54) is 6.07 Å². The SMILES string of the molecule is CC(C)(C)OC(=O)N1CCC(O)C1C(=O)NCc1cc(-c2ccc(C(F)(F)F)c(F)c2)ncn1. The van der Waals surface area contributed by atoms with Gasteiger partial charge in [-0.3, -0.25) is 9.69 Å². The second kappa shape index (κ2) is 9.53. The van der Waals surface area contributed by atoms with Gasteiger partial charge in [-0.1, -0.05) is 6.07 Å². The normalized spacial score (nSPS) is 18.6. The summed E-state index contributed by atoms with van der Waals surface area (Å²) in [4.78, 5) is 34.2. The maximum Gasteiger partial charge on any atom is 0.419 e. The molecule has 3 rings (SSSR count). The molecule has 34 heavy (non-hydrogen) atoms. The van der Waals surface area contributed by atoms with Gasteiger partial charge in [0.2, 0.25) is 5.91 Å². The van der Waals surface area contributed by atoms with E-state index in [4.69, 9.17) is 4.74 Å². The highest BCUT2D eigenvalue weighted by Crippen LogP contribution is 2.33. The van der Waals surface area contributed by atoms with Crippen molar-refractivity contribution in [3.8, 4) is 11.3 Å². The first-order valence-electron chi connectivity index (χ1n) is 10.4. The van der Waals surface area contributed by atoms with Crippen LogP contribution in [0.15, 0.2) is 30.6 Å². The monoisotopic (exact) mass is 484 g/mol. The Kier molecular flexibility index (Phi) is 7.10. The fraction of sp³-hybridized carbons (Fsp3) is 0.455. The van der Waals surface area contributed by atoms with E-state index in [0.29, 0.717) is 6.07 Å². The maximum atomic E-state index is 13.9. The van der Waals surface area contributed by atoms with Crippen LogP contribution >= 0.6 is 0 Å². The Hall–Kier alpha value is -3.28. The molecular formula is C22H24F4N4O4. The topological polar surface area (TPSA) is 105 Å². The van der Waals surface area contributed by atoms with Crippen LogP contribution in [0.5, 0.6) is 0 Å². The molecule has 1 aliphatic heterocycles. The van der Waals surface area contributed by atoms with Crippen LogP contribution in [0.3, 0.4) is 0 Å². The molecule has 184 valence electrons. The summed E-state index contributed by atoms with van der Waals surface area (Å²) in [5, 5.41) is 12.8. The average Bonchev–Trinajstić information content (AvgIpc) is 3.12.